The van der Waals surface area contributed by atoms with E-state index in [2.05, 4.69) is 35.6 Å². The normalized spacial score (nSPS) is 17.7. The van der Waals surface area contributed by atoms with Gasteiger partial charge in [-0.15, -0.1) is 0 Å². The first-order valence-corrected chi connectivity index (χ1v) is 11.8. The molecular formula is C23H31N9O2. The number of piperidine rings is 1. The fourth-order valence-electron chi connectivity index (χ4n) is 4.32. The van der Waals surface area contributed by atoms with Crippen LogP contribution in [0, 0.1) is 0 Å². The topological polar surface area (TPSA) is 137 Å². The monoisotopic (exact) mass is 465 g/mol. The first-order chi connectivity index (χ1) is 16.7. The Bertz CT molecular complexity index is 1150. The van der Waals surface area contributed by atoms with Gasteiger partial charge in [-0.05, 0) is 37.1 Å². The number of nitrogens with one attached hydrogen (secondary N) is 3. The number of H-pyrrole nitrogens is 1. The highest BCUT2D eigenvalue weighted by Gasteiger charge is 2.21. The molecule has 0 bridgehead atoms. The van der Waals surface area contributed by atoms with Crippen molar-refractivity contribution < 1.29 is 4.74 Å². The second kappa shape index (κ2) is 10.3. The molecule has 0 aliphatic carbocycles. The Hall–Kier alpha value is -3.28. The van der Waals surface area contributed by atoms with Crippen LogP contribution in [0.4, 0.5) is 17.5 Å². The largest absolute Gasteiger partial charge is 0.492 e. The Labute approximate surface area is 197 Å². The quantitative estimate of drug-likeness (QED) is 0.394. The van der Waals surface area contributed by atoms with Gasteiger partial charge in [-0.25, -0.2) is 10.1 Å². The van der Waals surface area contributed by atoms with Crippen LogP contribution in [0.25, 0.3) is 10.9 Å². The first kappa shape index (κ1) is 22.5. The zero-order valence-electron chi connectivity index (χ0n) is 19.2. The molecule has 1 aromatic carbocycles. The Kier molecular flexibility index (Phi) is 6.84. The van der Waals surface area contributed by atoms with Crippen LogP contribution in [0.2, 0.25) is 0 Å². The summed E-state index contributed by atoms with van der Waals surface area (Å²) in [6, 6.07) is 7.88. The molecule has 34 heavy (non-hydrogen) atoms. The zero-order valence-corrected chi connectivity index (χ0v) is 19.2. The molecule has 0 saturated carbocycles. The van der Waals surface area contributed by atoms with Crippen LogP contribution in [0.5, 0.6) is 5.75 Å². The van der Waals surface area contributed by atoms with Crippen molar-refractivity contribution in [1.82, 2.24) is 30.4 Å². The standard InChI is InChI=1S/C23H31N9O2/c24-16-5-9-32(10-6-16)23-28-19-15-26-30-22(33)20(19)21(29-23)27-17-1-3-18(4-2-17)34-14-13-31-11-7-25-8-12-31/h1-4,15-16,25H,5-14,24H2,(H,30,33)(H,27,28,29). The summed E-state index contributed by atoms with van der Waals surface area (Å²) >= 11 is 0. The molecule has 11 heteroatoms. The number of fused-ring (bicyclic) bond motifs is 1. The van der Waals surface area contributed by atoms with Crippen LogP contribution >= 0.6 is 0 Å². The van der Waals surface area contributed by atoms with Crippen molar-refractivity contribution in [3.63, 3.8) is 0 Å². The lowest BCUT2D eigenvalue weighted by Gasteiger charge is -2.30. The maximum absolute atomic E-state index is 12.5. The van der Waals surface area contributed by atoms with Gasteiger partial charge in [0.15, 0.2) is 0 Å². The van der Waals surface area contributed by atoms with Crippen LogP contribution in [0.3, 0.4) is 0 Å². The van der Waals surface area contributed by atoms with Crippen molar-refractivity contribution in [2.75, 3.05) is 62.6 Å². The van der Waals surface area contributed by atoms with E-state index in [9.17, 15) is 4.79 Å². The van der Waals surface area contributed by atoms with Crippen molar-refractivity contribution in [3.8, 4) is 5.75 Å². The summed E-state index contributed by atoms with van der Waals surface area (Å²) in [5, 5.41) is 13.4. The van der Waals surface area contributed by atoms with Gasteiger partial charge in [0.25, 0.3) is 5.56 Å². The lowest BCUT2D eigenvalue weighted by molar-refractivity contribution is 0.191. The first-order valence-electron chi connectivity index (χ1n) is 11.8. The molecule has 0 radical (unpaired) electrons. The van der Waals surface area contributed by atoms with Gasteiger partial charge < -0.3 is 26.0 Å². The number of piperazine rings is 1. The lowest BCUT2D eigenvalue weighted by atomic mass is 10.1. The van der Waals surface area contributed by atoms with E-state index < -0.39 is 0 Å². The highest BCUT2D eigenvalue weighted by molar-refractivity contribution is 5.90. The van der Waals surface area contributed by atoms with E-state index in [0.717, 1.165) is 70.1 Å². The number of rotatable bonds is 7. The van der Waals surface area contributed by atoms with Crippen LogP contribution in [0.1, 0.15) is 12.8 Å². The molecule has 4 heterocycles. The van der Waals surface area contributed by atoms with Crippen LogP contribution < -0.4 is 31.6 Å². The smallest absolute Gasteiger partial charge is 0.277 e. The van der Waals surface area contributed by atoms with E-state index in [1.807, 2.05) is 24.3 Å². The van der Waals surface area contributed by atoms with Gasteiger partial charge in [0.05, 0.1) is 6.20 Å². The maximum atomic E-state index is 12.5. The second-order valence-corrected chi connectivity index (χ2v) is 8.75. The number of hydrogen-bond donors (Lipinski definition) is 4. The molecule has 0 amide bonds. The molecule has 2 fully saturated rings. The minimum atomic E-state index is -0.333. The van der Waals surface area contributed by atoms with Crippen LogP contribution in [0.15, 0.2) is 35.3 Å². The third-order valence-electron chi connectivity index (χ3n) is 6.33. The maximum Gasteiger partial charge on any atom is 0.277 e. The van der Waals surface area contributed by atoms with Crippen molar-refractivity contribution in [2.24, 2.45) is 5.73 Å². The molecule has 5 rings (SSSR count). The van der Waals surface area contributed by atoms with E-state index in [-0.39, 0.29) is 11.6 Å². The highest BCUT2D eigenvalue weighted by Crippen LogP contribution is 2.26. The lowest BCUT2D eigenvalue weighted by Crippen LogP contribution is -2.44. The predicted molar refractivity (Wildman–Crippen MR) is 132 cm³/mol. The van der Waals surface area contributed by atoms with Gasteiger partial charge in [0.2, 0.25) is 5.95 Å². The Morgan fingerprint density at radius 2 is 1.85 bits per heavy atom. The Morgan fingerprint density at radius 1 is 1.09 bits per heavy atom. The van der Waals surface area contributed by atoms with E-state index in [1.165, 1.54) is 0 Å². The third kappa shape index (κ3) is 5.27. The average molecular weight is 466 g/mol. The van der Waals surface area contributed by atoms with Gasteiger partial charge >= 0.3 is 0 Å². The minimum absolute atomic E-state index is 0.205. The summed E-state index contributed by atoms with van der Waals surface area (Å²) in [5.41, 5.74) is 7.02. The van der Waals surface area contributed by atoms with E-state index in [4.69, 9.17) is 15.5 Å². The fourth-order valence-corrected chi connectivity index (χ4v) is 4.32. The number of hydrogen-bond acceptors (Lipinski definition) is 10. The van der Waals surface area contributed by atoms with Crippen molar-refractivity contribution >= 4 is 28.4 Å². The summed E-state index contributed by atoms with van der Waals surface area (Å²) in [7, 11) is 0. The van der Waals surface area contributed by atoms with Gasteiger partial charge in [-0.3, -0.25) is 9.69 Å². The zero-order chi connectivity index (χ0) is 23.3. The third-order valence-corrected chi connectivity index (χ3v) is 6.33. The number of benzene rings is 1. The molecule has 2 aromatic heterocycles. The molecule has 5 N–H and O–H groups in total. The molecule has 180 valence electrons. The van der Waals surface area contributed by atoms with Crippen molar-refractivity contribution in [3.05, 3.63) is 40.8 Å². The number of aromatic amines is 1. The van der Waals surface area contributed by atoms with Crippen LogP contribution in [-0.4, -0.2) is 83.5 Å². The van der Waals surface area contributed by atoms with Gasteiger partial charge in [-0.2, -0.15) is 10.1 Å². The second-order valence-electron chi connectivity index (χ2n) is 8.75. The highest BCUT2D eigenvalue weighted by atomic mass is 16.5. The number of ether oxygens (including phenoxy) is 1. The SMILES string of the molecule is NC1CCN(c2nc(Nc3ccc(OCCN4CCNCC4)cc3)c3c(=O)[nH]ncc3n2)CC1. The summed E-state index contributed by atoms with van der Waals surface area (Å²) in [6.07, 6.45) is 3.32. The molecule has 2 aliphatic rings. The minimum Gasteiger partial charge on any atom is -0.492 e. The molecule has 0 unspecified atom stereocenters. The Morgan fingerprint density at radius 3 is 2.62 bits per heavy atom. The van der Waals surface area contributed by atoms with Gasteiger partial charge in [0.1, 0.15) is 29.1 Å². The molecule has 11 nitrogen and oxygen atoms in total. The number of nitrogens with zero attached hydrogens (tertiary/aromatic N) is 5. The van der Waals surface area contributed by atoms with Crippen molar-refractivity contribution in [2.45, 2.75) is 18.9 Å². The summed E-state index contributed by atoms with van der Waals surface area (Å²) in [4.78, 5) is 26.3. The van der Waals surface area contributed by atoms with Crippen LogP contribution in [-0.2, 0) is 0 Å². The molecule has 2 aliphatic heterocycles. The average Bonchev–Trinajstić information content (AvgIpc) is 2.86. The van der Waals surface area contributed by atoms with Crippen molar-refractivity contribution in [1.29, 1.82) is 0 Å². The summed E-state index contributed by atoms with van der Waals surface area (Å²) < 4.78 is 5.91. The number of aromatic nitrogens is 4. The van der Waals surface area contributed by atoms with Gasteiger partial charge in [-0.1, -0.05) is 0 Å². The summed E-state index contributed by atoms with van der Waals surface area (Å²) in [6.45, 7) is 7.30. The number of anilines is 3. The molecule has 0 spiro atoms. The molecule has 3 aromatic rings. The van der Waals surface area contributed by atoms with E-state index >= 15 is 0 Å². The fraction of sp³-hybridized carbons (Fsp3) is 0.478. The molecule has 0 atom stereocenters. The molecule has 2 saturated heterocycles. The Balaban J connectivity index is 1.30. The van der Waals surface area contributed by atoms with Gasteiger partial charge in [0, 0.05) is 57.5 Å². The predicted octanol–water partition coefficient (Wildman–Crippen LogP) is 0.668. The number of nitrogens with two attached hydrogens (primary N) is 1. The van der Waals surface area contributed by atoms with E-state index in [1.54, 1.807) is 6.20 Å². The van der Waals surface area contributed by atoms with E-state index in [0.29, 0.717) is 29.3 Å². The summed E-state index contributed by atoms with van der Waals surface area (Å²) in [5.74, 6) is 1.83. The molecular weight excluding hydrogens is 434 g/mol.